The summed E-state index contributed by atoms with van der Waals surface area (Å²) in [6.45, 7) is 4.51. The second kappa shape index (κ2) is 30.7. The highest BCUT2D eigenvalue weighted by Gasteiger charge is 2.13. The van der Waals surface area contributed by atoms with Gasteiger partial charge in [0.25, 0.3) is 0 Å². The van der Waals surface area contributed by atoms with Gasteiger partial charge >= 0.3 is 20.2 Å². The van der Waals surface area contributed by atoms with Crippen molar-refractivity contribution in [2.75, 3.05) is 0 Å². The molecular weight excluding hydrogens is 495 g/mol. The van der Waals surface area contributed by atoms with Gasteiger partial charge in [-0.25, -0.2) is 4.57 Å². The maximum atomic E-state index is 11.8. The monoisotopic (exact) mass is 558 g/mol. The molecule has 226 valence electrons. The molecule has 0 atom stereocenters. The van der Waals surface area contributed by atoms with E-state index in [2.05, 4.69) is 13.8 Å². The van der Waals surface area contributed by atoms with E-state index in [4.69, 9.17) is 9.05 Å². The predicted molar refractivity (Wildman–Crippen MR) is 162 cm³/mol. The summed E-state index contributed by atoms with van der Waals surface area (Å²) in [5, 5.41) is 0. The second-order valence-corrected chi connectivity index (χ2v) is 12.1. The minimum atomic E-state index is -3.07. The Morgan fingerprint density at radius 3 is 0.842 bits per heavy atom. The minimum absolute atomic E-state index is 0.241. The van der Waals surface area contributed by atoms with Crippen LogP contribution in [0.2, 0.25) is 0 Å². The molecule has 5 nitrogen and oxygen atoms in total. The standard InChI is InChI=1S/C32H63O5P/c1-3-5-7-9-11-13-15-17-19-21-23-25-27-29-31(33)36-38(35)37-32(34)30-28-26-24-22-20-18-16-14-12-10-8-6-4-2/h38H,3-30H2,1-2H3. The Morgan fingerprint density at radius 1 is 0.395 bits per heavy atom. The van der Waals surface area contributed by atoms with Gasteiger partial charge in [0.1, 0.15) is 0 Å². The van der Waals surface area contributed by atoms with E-state index in [1.54, 1.807) is 0 Å². The molecule has 0 aromatic rings. The topological polar surface area (TPSA) is 69.7 Å². The minimum Gasteiger partial charge on any atom is -0.385 e. The van der Waals surface area contributed by atoms with Gasteiger partial charge in [-0.1, -0.05) is 168 Å². The number of carbonyl (C=O) groups excluding carboxylic acids is 2. The molecule has 0 rings (SSSR count). The third-order valence-electron chi connectivity index (χ3n) is 7.36. The molecule has 0 aliphatic carbocycles. The highest BCUT2D eigenvalue weighted by atomic mass is 31.1. The van der Waals surface area contributed by atoms with E-state index in [9.17, 15) is 14.2 Å². The van der Waals surface area contributed by atoms with Crippen LogP contribution in [0, 0.1) is 0 Å². The molecule has 0 radical (unpaired) electrons. The summed E-state index contributed by atoms with van der Waals surface area (Å²) in [5.74, 6) is -1.04. The van der Waals surface area contributed by atoms with E-state index in [1.807, 2.05) is 0 Å². The third kappa shape index (κ3) is 29.7. The normalized spacial score (nSPS) is 11.2. The first-order chi connectivity index (χ1) is 18.6. The number of hydrogen-bond acceptors (Lipinski definition) is 5. The molecule has 0 amide bonds. The summed E-state index contributed by atoms with van der Waals surface area (Å²) >= 11 is 0. The largest absolute Gasteiger partial charge is 0.423 e. The van der Waals surface area contributed by atoms with Crippen molar-refractivity contribution in [3.63, 3.8) is 0 Å². The van der Waals surface area contributed by atoms with Crippen molar-refractivity contribution in [3.05, 3.63) is 0 Å². The van der Waals surface area contributed by atoms with Gasteiger partial charge in [-0.2, -0.15) is 0 Å². The number of rotatable bonds is 30. The van der Waals surface area contributed by atoms with Crippen molar-refractivity contribution in [1.29, 1.82) is 0 Å². The zero-order chi connectivity index (χ0) is 27.9. The molecule has 0 spiro atoms. The first-order valence-electron chi connectivity index (χ1n) is 16.6. The highest BCUT2D eigenvalue weighted by Crippen LogP contribution is 2.26. The van der Waals surface area contributed by atoms with Gasteiger partial charge in [-0.3, -0.25) is 9.59 Å². The molecule has 0 fully saturated rings. The molecule has 6 heteroatoms. The zero-order valence-corrected chi connectivity index (χ0v) is 26.3. The van der Waals surface area contributed by atoms with Crippen LogP contribution in [0.25, 0.3) is 0 Å². The Kier molecular flexibility index (Phi) is 30.0. The predicted octanol–water partition coefficient (Wildman–Crippen LogP) is 11.4. The summed E-state index contributed by atoms with van der Waals surface area (Å²) in [6.07, 6.45) is 32.7. The molecule has 0 heterocycles. The van der Waals surface area contributed by atoms with E-state index >= 15 is 0 Å². The van der Waals surface area contributed by atoms with Crippen molar-refractivity contribution in [2.45, 2.75) is 194 Å². The molecule has 0 aromatic carbocycles. The van der Waals surface area contributed by atoms with Gasteiger partial charge in [-0.05, 0) is 12.8 Å². The van der Waals surface area contributed by atoms with E-state index in [-0.39, 0.29) is 12.8 Å². The van der Waals surface area contributed by atoms with Gasteiger partial charge < -0.3 is 9.05 Å². The van der Waals surface area contributed by atoms with E-state index in [1.165, 1.54) is 128 Å². The van der Waals surface area contributed by atoms with E-state index in [0.29, 0.717) is 0 Å². The zero-order valence-electron chi connectivity index (χ0n) is 25.3. The van der Waals surface area contributed by atoms with Crippen LogP contribution >= 0.6 is 8.25 Å². The average Bonchev–Trinajstić information content (AvgIpc) is 2.89. The van der Waals surface area contributed by atoms with Crippen LogP contribution < -0.4 is 0 Å². The molecule has 0 aliphatic heterocycles. The molecule has 0 saturated carbocycles. The van der Waals surface area contributed by atoms with Gasteiger partial charge in [0, 0.05) is 12.8 Å². The molecule has 38 heavy (non-hydrogen) atoms. The van der Waals surface area contributed by atoms with Crippen LogP contribution in [-0.4, -0.2) is 11.9 Å². The average molecular weight is 559 g/mol. The fraction of sp³-hybridized carbons (Fsp3) is 0.938. The molecule has 0 aromatic heterocycles. The summed E-state index contributed by atoms with van der Waals surface area (Å²) in [5.41, 5.74) is 0. The maximum Gasteiger partial charge on any atom is 0.423 e. The van der Waals surface area contributed by atoms with Gasteiger partial charge in [0.05, 0.1) is 0 Å². The smallest absolute Gasteiger partial charge is 0.385 e. The lowest BCUT2D eigenvalue weighted by Gasteiger charge is -2.06. The number of carbonyl (C=O) groups is 2. The molecule has 0 unspecified atom stereocenters. The van der Waals surface area contributed by atoms with Gasteiger partial charge in [0.2, 0.25) is 0 Å². The fourth-order valence-corrected chi connectivity index (χ4v) is 5.50. The van der Waals surface area contributed by atoms with Crippen LogP contribution in [0.4, 0.5) is 0 Å². The van der Waals surface area contributed by atoms with Crippen molar-refractivity contribution < 1.29 is 23.2 Å². The summed E-state index contributed by atoms with van der Waals surface area (Å²) in [6, 6.07) is 0. The number of hydrogen-bond donors (Lipinski definition) is 0. The molecule has 0 N–H and O–H groups in total. The van der Waals surface area contributed by atoms with Crippen molar-refractivity contribution in [1.82, 2.24) is 0 Å². The van der Waals surface area contributed by atoms with Crippen LogP contribution in [0.15, 0.2) is 0 Å². The summed E-state index contributed by atoms with van der Waals surface area (Å²) < 4.78 is 21.5. The summed E-state index contributed by atoms with van der Waals surface area (Å²) in [4.78, 5) is 23.7. The van der Waals surface area contributed by atoms with Crippen LogP contribution in [0.5, 0.6) is 0 Å². The third-order valence-corrected chi connectivity index (χ3v) is 8.15. The van der Waals surface area contributed by atoms with Crippen molar-refractivity contribution in [3.8, 4) is 0 Å². The lowest BCUT2D eigenvalue weighted by Crippen LogP contribution is -2.03. The van der Waals surface area contributed by atoms with E-state index in [0.717, 1.165) is 38.5 Å². The second-order valence-electron chi connectivity index (χ2n) is 11.2. The lowest BCUT2D eigenvalue weighted by molar-refractivity contribution is -0.138. The van der Waals surface area contributed by atoms with Crippen LogP contribution in [0.1, 0.15) is 194 Å². The Morgan fingerprint density at radius 2 is 0.605 bits per heavy atom. The van der Waals surface area contributed by atoms with Crippen LogP contribution in [0.3, 0.4) is 0 Å². The van der Waals surface area contributed by atoms with Crippen molar-refractivity contribution >= 4 is 20.2 Å². The Labute approximate surface area is 236 Å². The number of unbranched alkanes of at least 4 members (excludes halogenated alkanes) is 24. The van der Waals surface area contributed by atoms with Gasteiger partial charge in [0.15, 0.2) is 0 Å². The Balaban J connectivity index is 3.42. The van der Waals surface area contributed by atoms with Crippen molar-refractivity contribution in [2.24, 2.45) is 0 Å². The first-order valence-corrected chi connectivity index (χ1v) is 17.8. The van der Waals surface area contributed by atoms with E-state index < -0.39 is 20.2 Å². The Bertz CT molecular complexity index is 506. The summed E-state index contributed by atoms with van der Waals surface area (Å²) in [7, 11) is -3.07. The Hall–Kier alpha value is -0.830. The van der Waals surface area contributed by atoms with Crippen LogP contribution in [-0.2, 0) is 23.2 Å². The SMILES string of the molecule is CCCCCCCCCCCCCCCC(=O)O[PH](=O)OC(=O)CCCCCCCCCCCCCCC. The molecule has 0 bridgehead atoms. The maximum absolute atomic E-state index is 11.8. The molecule has 0 saturated heterocycles. The molecular formula is C32H63O5P. The van der Waals surface area contributed by atoms with Gasteiger partial charge in [-0.15, -0.1) is 0 Å². The first kappa shape index (κ1) is 37.2. The quantitative estimate of drug-likeness (QED) is 0.0647. The lowest BCUT2D eigenvalue weighted by atomic mass is 10.0. The molecule has 0 aliphatic rings. The highest BCUT2D eigenvalue weighted by molar-refractivity contribution is 7.34. The fourth-order valence-electron chi connectivity index (χ4n) is 4.88.